The number of nitrogen functional groups attached to an aromatic ring is 1. The van der Waals surface area contributed by atoms with Crippen molar-refractivity contribution in [3.8, 4) is 0 Å². The maximum absolute atomic E-state index is 13.6. The van der Waals surface area contributed by atoms with Crippen molar-refractivity contribution in [3.63, 3.8) is 0 Å². The number of hydrogen-bond acceptors (Lipinski definition) is 10. The lowest BCUT2D eigenvalue weighted by molar-refractivity contribution is -0.385. The number of carboxylic acid groups (broad SMARTS) is 1. The Morgan fingerprint density at radius 3 is 2.40 bits per heavy atom. The molecule has 3 rings (SSSR count). The topological polar surface area (TPSA) is 284 Å². The van der Waals surface area contributed by atoms with E-state index >= 15 is 0 Å². The Hall–Kier alpha value is -5.10. The van der Waals surface area contributed by atoms with Crippen LogP contribution in [-0.4, -0.2) is 84.6 Å². The van der Waals surface area contributed by atoms with Crippen LogP contribution in [0.1, 0.15) is 52.0 Å². The summed E-state index contributed by atoms with van der Waals surface area (Å²) in [6.45, 7) is 1.33. The number of hydrogen-bond donors (Lipinski definition) is 6. The van der Waals surface area contributed by atoms with Crippen molar-refractivity contribution in [1.29, 1.82) is 0 Å². The molecule has 1 saturated heterocycles. The zero-order valence-electron chi connectivity index (χ0n) is 24.3. The first-order valence-electron chi connectivity index (χ1n) is 13.7. The molecule has 45 heavy (non-hydrogen) atoms. The first kappa shape index (κ1) is 34.4. The molecule has 0 radical (unpaired) electrons. The van der Waals surface area contributed by atoms with Gasteiger partial charge in [-0.3, -0.25) is 29.5 Å². The summed E-state index contributed by atoms with van der Waals surface area (Å²) in [5, 5.41) is 23.8. The normalized spacial score (nSPS) is 15.2. The number of rotatable bonds is 14. The fraction of sp³-hybridized carbons (Fsp3) is 0.370. The van der Waals surface area contributed by atoms with Gasteiger partial charge in [-0.05, 0) is 56.9 Å². The third kappa shape index (κ3) is 8.73. The second-order valence-corrected chi connectivity index (χ2v) is 12.1. The first-order chi connectivity index (χ1) is 21.1. The number of carboxylic acids is 1. The molecule has 1 aliphatic heterocycles. The van der Waals surface area contributed by atoms with E-state index in [0.29, 0.717) is 6.42 Å². The van der Waals surface area contributed by atoms with Crippen LogP contribution in [0.5, 0.6) is 0 Å². The largest absolute Gasteiger partial charge is 0.477 e. The Bertz CT molecular complexity index is 1620. The molecule has 0 unspecified atom stereocenters. The zero-order chi connectivity index (χ0) is 33.5. The number of anilines is 1. The van der Waals surface area contributed by atoms with Gasteiger partial charge in [0.15, 0.2) is 11.7 Å². The number of guanidine groups is 1. The molecule has 2 amide bonds. The highest BCUT2D eigenvalue weighted by Crippen LogP contribution is 2.29. The molecule has 18 heteroatoms. The van der Waals surface area contributed by atoms with E-state index in [1.165, 1.54) is 17.0 Å². The minimum atomic E-state index is -4.02. The van der Waals surface area contributed by atoms with Crippen LogP contribution in [-0.2, 0) is 19.6 Å². The summed E-state index contributed by atoms with van der Waals surface area (Å²) in [6, 6.07) is 5.28. The fourth-order valence-corrected chi connectivity index (χ4v) is 5.80. The van der Waals surface area contributed by atoms with Crippen molar-refractivity contribution < 1.29 is 37.6 Å². The predicted molar refractivity (Wildman–Crippen MR) is 162 cm³/mol. The minimum absolute atomic E-state index is 0.0382. The second kappa shape index (κ2) is 14.6. The standard InChI is InChI=1S/C27H34N8O9S/c1-15-6-8-17(9-7-15)45(43,44)32-14-22(36)34-11-3-5-21(34)25(38)33-20(4-2-10-31-27(29)30)24(37)18-12-16(28)13-19(26(39)40)23(18)35(41)42/h6-9,12-13,20-21,32H,2-5,10-11,14,28H2,1H3,(H,33,38)(H,39,40)(H4,29,30,31)/t20-,21-/m0/s1. The maximum Gasteiger partial charge on any atom is 0.342 e. The average molecular weight is 647 g/mol. The number of Topliss-reactive ketones (excluding diaryl/α,β-unsaturated/α-hetero) is 1. The first-order valence-corrected chi connectivity index (χ1v) is 15.2. The summed E-state index contributed by atoms with van der Waals surface area (Å²) in [5.41, 5.74) is 14.6. The quantitative estimate of drug-likeness (QED) is 0.0298. The number of nitro groups is 1. The highest BCUT2D eigenvalue weighted by Gasteiger charge is 2.38. The molecule has 1 aliphatic rings. The highest BCUT2D eigenvalue weighted by molar-refractivity contribution is 7.89. The van der Waals surface area contributed by atoms with Gasteiger partial charge in [0.2, 0.25) is 21.8 Å². The van der Waals surface area contributed by atoms with E-state index in [1.807, 2.05) is 0 Å². The molecule has 17 nitrogen and oxygen atoms in total. The van der Waals surface area contributed by atoms with E-state index < -0.39 is 74.0 Å². The molecular formula is C27H34N8O9S. The van der Waals surface area contributed by atoms with Crippen molar-refractivity contribution in [2.45, 2.75) is 49.6 Å². The molecule has 0 saturated carbocycles. The van der Waals surface area contributed by atoms with Gasteiger partial charge in [0, 0.05) is 18.8 Å². The summed E-state index contributed by atoms with van der Waals surface area (Å²) < 4.78 is 27.5. The summed E-state index contributed by atoms with van der Waals surface area (Å²) in [4.78, 5) is 67.6. The predicted octanol–water partition coefficient (Wildman–Crippen LogP) is -0.126. The molecule has 242 valence electrons. The summed E-state index contributed by atoms with van der Waals surface area (Å²) >= 11 is 0. The third-order valence-corrected chi connectivity index (χ3v) is 8.43. The number of nitrogens with two attached hydrogens (primary N) is 3. The molecule has 9 N–H and O–H groups in total. The average Bonchev–Trinajstić information content (AvgIpc) is 3.47. The van der Waals surface area contributed by atoms with Crippen LogP contribution in [0.25, 0.3) is 0 Å². The molecule has 0 aromatic heterocycles. The van der Waals surface area contributed by atoms with Crippen molar-refractivity contribution in [1.82, 2.24) is 14.9 Å². The van der Waals surface area contributed by atoms with Crippen LogP contribution in [0.15, 0.2) is 46.3 Å². The zero-order valence-corrected chi connectivity index (χ0v) is 25.1. The van der Waals surface area contributed by atoms with Crippen LogP contribution in [0, 0.1) is 17.0 Å². The molecule has 0 bridgehead atoms. The minimum Gasteiger partial charge on any atom is -0.477 e. The van der Waals surface area contributed by atoms with Crippen LogP contribution < -0.4 is 27.2 Å². The lowest BCUT2D eigenvalue weighted by Gasteiger charge is -2.26. The van der Waals surface area contributed by atoms with E-state index in [4.69, 9.17) is 17.2 Å². The number of nitro benzene ring substituents is 1. The van der Waals surface area contributed by atoms with Gasteiger partial charge in [0.1, 0.15) is 17.2 Å². The van der Waals surface area contributed by atoms with Crippen molar-refractivity contribution in [2.75, 3.05) is 25.4 Å². The second-order valence-electron chi connectivity index (χ2n) is 10.3. The molecular weight excluding hydrogens is 612 g/mol. The number of aromatic carboxylic acids is 1. The maximum atomic E-state index is 13.6. The highest BCUT2D eigenvalue weighted by atomic mass is 32.2. The third-order valence-electron chi connectivity index (χ3n) is 7.01. The van der Waals surface area contributed by atoms with Crippen molar-refractivity contribution in [3.05, 3.63) is 63.2 Å². The van der Waals surface area contributed by atoms with Gasteiger partial charge in [-0.25, -0.2) is 17.9 Å². The number of nitrogens with zero attached hydrogens (tertiary/aromatic N) is 3. The van der Waals surface area contributed by atoms with Gasteiger partial charge in [0.05, 0.1) is 22.4 Å². The Labute approximate surface area is 258 Å². The Morgan fingerprint density at radius 1 is 1.16 bits per heavy atom. The van der Waals surface area contributed by atoms with Gasteiger partial charge >= 0.3 is 5.97 Å². The van der Waals surface area contributed by atoms with Crippen LogP contribution in [0.4, 0.5) is 11.4 Å². The number of aryl methyl sites for hydroxylation is 1. The van der Waals surface area contributed by atoms with E-state index in [-0.39, 0.29) is 48.9 Å². The number of nitrogens with one attached hydrogen (secondary N) is 2. The number of carbonyl (C=O) groups is 4. The monoisotopic (exact) mass is 646 g/mol. The fourth-order valence-electron chi connectivity index (χ4n) is 4.83. The summed E-state index contributed by atoms with van der Waals surface area (Å²) in [5.74, 6) is -4.35. The van der Waals surface area contributed by atoms with Crippen LogP contribution in [0.3, 0.4) is 0 Å². The van der Waals surface area contributed by atoms with Crippen LogP contribution >= 0.6 is 0 Å². The molecule has 0 aliphatic carbocycles. The van der Waals surface area contributed by atoms with Crippen molar-refractivity contribution >= 4 is 50.9 Å². The molecule has 2 aromatic rings. The number of aliphatic imine (C=N–C) groups is 1. The van der Waals surface area contributed by atoms with E-state index in [0.717, 1.165) is 17.7 Å². The van der Waals surface area contributed by atoms with Gasteiger partial charge < -0.3 is 32.5 Å². The number of carbonyl (C=O) groups excluding carboxylic acids is 3. The Balaban J connectivity index is 1.83. The number of likely N-dealkylation sites (tertiary alicyclic amines) is 1. The SMILES string of the molecule is Cc1ccc(S(=O)(=O)NCC(=O)N2CCC[C@H]2C(=O)N[C@@H](CCCN=C(N)N)C(=O)c2cc(N)cc(C(=O)O)c2[N+](=O)[O-])cc1. The van der Waals surface area contributed by atoms with Gasteiger partial charge in [-0.2, -0.15) is 0 Å². The van der Waals surface area contributed by atoms with E-state index in [2.05, 4.69) is 15.0 Å². The van der Waals surface area contributed by atoms with E-state index in [9.17, 15) is 42.8 Å². The van der Waals surface area contributed by atoms with Crippen molar-refractivity contribution in [2.24, 2.45) is 16.5 Å². The number of ketones is 1. The molecule has 2 aromatic carbocycles. The molecule has 2 atom stereocenters. The smallest absolute Gasteiger partial charge is 0.342 e. The number of sulfonamides is 1. The van der Waals surface area contributed by atoms with Gasteiger partial charge in [-0.15, -0.1) is 0 Å². The molecule has 1 heterocycles. The number of benzene rings is 2. The van der Waals surface area contributed by atoms with Gasteiger partial charge in [0.25, 0.3) is 5.69 Å². The molecule has 0 spiro atoms. The Kier molecular flexibility index (Phi) is 11.1. The van der Waals surface area contributed by atoms with E-state index in [1.54, 1.807) is 19.1 Å². The Morgan fingerprint density at radius 2 is 1.80 bits per heavy atom. The van der Waals surface area contributed by atoms with Gasteiger partial charge in [-0.1, -0.05) is 17.7 Å². The number of amides is 2. The molecule has 1 fully saturated rings. The lowest BCUT2D eigenvalue weighted by Crippen LogP contribution is -2.52. The summed E-state index contributed by atoms with van der Waals surface area (Å²) in [6.07, 6.45) is 0.608. The van der Waals surface area contributed by atoms with Crippen LogP contribution in [0.2, 0.25) is 0 Å². The lowest BCUT2D eigenvalue weighted by atomic mass is 9.95. The summed E-state index contributed by atoms with van der Waals surface area (Å²) in [7, 11) is -4.02.